The van der Waals surface area contributed by atoms with Gasteiger partial charge in [-0.3, -0.25) is 9.59 Å². The van der Waals surface area contributed by atoms with Crippen LogP contribution in [0.25, 0.3) is 0 Å². The molecule has 0 bridgehead atoms. The first-order valence-electron chi connectivity index (χ1n) is 12.4. The Morgan fingerprint density at radius 1 is 1.00 bits per heavy atom. The zero-order chi connectivity index (χ0) is 25.9. The third-order valence-electron chi connectivity index (χ3n) is 6.09. The molecule has 1 fully saturated rings. The minimum Gasteiger partial charge on any atom is -0.496 e. The van der Waals surface area contributed by atoms with Gasteiger partial charge in [0.25, 0.3) is 5.91 Å². The van der Waals surface area contributed by atoms with Crippen LogP contribution in [0.1, 0.15) is 22.3 Å². The Balaban J connectivity index is 1.24. The van der Waals surface area contributed by atoms with E-state index in [1.165, 1.54) is 0 Å². The summed E-state index contributed by atoms with van der Waals surface area (Å²) in [7, 11) is 1.65. The van der Waals surface area contributed by atoms with Crippen LogP contribution in [0.5, 0.6) is 11.5 Å². The molecule has 0 spiro atoms. The molecule has 1 saturated heterocycles. The molecule has 37 heavy (non-hydrogen) atoms. The van der Waals surface area contributed by atoms with Crippen molar-refractivity contribution in [3.8, 4) is 11.5 Å². The van der Waals surface area contributed by atoms with Gasteiger partial charge in [-0.2, -0.15) is 0 Å². The third-order valence-corrected chi connectivity index (χ3v) is 6.09. The lowest BCUT2D eigenvalue weighted by atomic mass is 10.1. The smallest absolute Gasteiger partial charge is 0.251 e. The van der Waals surface area contributed by atoms with Crippen LogP contribution in [0.3, 0.4) is 0 Å². The van der Waals surface area contributed by atoms with Crippen molar-refractivity contribution < 1.29 is 23.8 Å². The molecule has 0 radical (unpaired) electrons. The van der Waals surface area contributed by atoms with Crippen molar-refractivity contribution in [2.24, 2.45) is 0 Å². The van der Waals surface area contributed by atoms with Gasteiger partial charge in [0, 0.05) is 36.3 Å². The molecule has 2 amide bonds. The topological polar surface area (TPSA) is 89.1 Å². The van der Waals surface area contributed by atoms with E-state index in [1.807, 2.05) is 66.7 Å². The van der Waals surface area contributed by atoms with Gasteiger partial charge in [-0.05, 0) is 42.5 Å². The van der Waals surface area contributed by atoms with E-state index >= 15 is 0 Å². The first-order chi connectivity index (χ1) is 18.2. The number of anilines is 1. The first-order valence-corrected chi connectivity index (χ1v) is 12.4. The monoisotopic (exact) mass is 503 g/mol. The molecule has 4 rings (SSSR count). The lowest BCUT2D eigenvalue weighted by Crippen LogP contribution is -2.58. The first kappa shape index (κ1) is 26.2. The van der Waals surface area contributed by atoms with Gasteiger partial charge in [0.05, 0.1) is 39.5 Å². The second-order valence-electron chi connectivity index (χ2n) is 8.68. The maximum atomic E-state index is 12.7. The predicted molar refractivity (Wildman–Crippen MR) is 142 cm³/mol. The quantitative estimate of drug-likeness (QED) is 0.368. The highest BCUT2D eigenvalue weighted by atomic mass is 16.5. The summed E-state index contributed by atoms with van der Waals surface area (Å²) >= 11 is 0. The number of carbonyl (C=O) groups is 2. The molecule has 0 aliphatic carbocycles. The fourth-order valence-electron chi connectivity index (χ4n) is 4.20. The van der Waals surface area contributed by atoms with E-state index in [-0.39, 0.29) is 24.4 Å². The second-order valence-corrected chi connectivity index (χ2v) is 8.68. The van der Waals surface area contributed by atoms with Crippen molar-refractivity contribution in [1.82, 2.24) is 10.6 Å². The van der Waals surface area contributed by atoms with Crippen LogP contribution in [0, 0.1) is 0 Å². The molecular weight excluding hydrogens is 470 g/mol. The van der Waals surface area contributed by atoms with E-state index in [2.05, 4.69) is 10.6 Å². The van der Waals surface area contributed by atoms with E-state index in [9.17, 15) is 9.59 Å². The van der Waals surface area contributed by atoms with Crippen molar-refractivity contribution >= 4 is 17.5 Å². The van der Waals surface area contributed by atoms with E-state index in [1.54, 1.807) is 24.1 Å². The van der Waals surface area contributed by atoms with Gasteiger partial charge in [-0.15, -0.1) is 0 Å². The average molecular weight is 504 g/mol. The number of amides is 2. The fraction of sp³-hybridized carbons (Fsp3) is 0.310. The molecule has 0 aromatic heterocycles. The number of piperazine rings is 1. The van der Waals surface area contributed by atoms with Crippen molar-refractivity contribution in [2.75, 3.05) is 44.9 Å². The molecule has 8 heteroatoms. The summed E-state index contributed by atoms with van der Waals surface area (Å²) in [6.45, 7) is 2.78. The molecule has 1 heterocycles. The summed E-state index contributed by atoms with van der Waals surface area (Å²) < 4.78 is 16.9. The number of benzene rings is 3. The maximum absolute atomic E-state index is 12.7. The van der Waals surface area contributed by atoms with Gasteiger partial charge < -0.3 is 29.7 Å². The number of para-hydroxylation sites is 1. The lowest BCUT2D eigenvalue weighted by molar-refractivity contribution is -0.119. The Bertz CT molecular complexity index is 1150. The average Bonchev–Trinajstić information content (AvgIpc) is 2.94. The summed E-state index contributed by atoms with van der Waals surface area (Å²) in [4.78, 5) is 26.9. The Morgan fingerprint density at radius 2 is 1.76 bits per heavy atom. The highest BCUT2D eigenvalue weighted by Gasteiger charge is 2.29. The van der Waals surface area contributed by atoms with Crippen LogP contribution in [0.15, 0.2) is 78.9 Å². The van der Waals surface area contributed by atoms with Crippen LogP contribution in [0.4, 0.5) is 5.69 Å². The number of methoxy groups -OCH3 is 1. The van der Waals surface area contributed by atoms with Gasteiger partial charge in [-0.1, -0.05) is 36.4 Å². The number of nitrogens with one attached hydrogen (secondary N) is 2. The number of hydrogen-bond acceptors (Lipinski definition) is 6. The molecule has 194 valence electrons. The van der Waals surface area contributed by atoms with Crippen LogP contribution in [-0.2, 0) is 16.1 Å². The van der Waals surface area contributed by atoms with Crippen molar-refractivity contribution in [3.05, 3.63) is 90.0 Å². The fourth-order valence-corrected chi connectivity index (χ4v) is 4.20. The van der Waals surface area contributed by atoms with Crippen LogP contribution < -0.4 is 25.0 Å². The Morgan fingerprint density at radius 3 is 2.54 bits per heavy atom. The minimum atomic E-state index is -0.193. The molecule has 1 aliphatic heterocycles. The van der Waals surface area contributed by atoms with Gasteiger partial charge in [0.2, 0.25) is 5.91 Å². The summed E-state index contributed by atoms with van der Waals surface area (Å²) in [5, 5.41) is 6.08. The maximum Gasteiger partial charge on any atom is 0.251 e. The largest absolute Gasteiger partial charge is 0.496 e. The van der Waals surface area contributed by atoms with Gasteiger partial charge in [0.15, 0.2) is 0 Å². The van der Waals surface area contributed by atoms with Crippen LogP contribution in [0.2, 0.25) is 0 Å². The van der Waals surface area contributed by atoms with E-state index in [4.69, 9.17) is 14.2 Å². The number of carbonyl (C=O) groups excluding carboxylic acids is 2. The van der Waals surface area contributed by atoms with Crippen LogP contribution >= 0.6 is 0 Å². The third kappa shape index (κ3) is 7.31. The molecular formula is C29H33N3O5. The van der Waals surface area contributed by atoms with E-state index in [0.717, 1.165) is 29.2 Å². The zero-order valence-corrected chi connectivity index (χ0v) is 21.0. The van der Waals surface area contributed by atoms with E-state index < -0.39 is 0 Å². The Hall–Kier alpha value is -3.88. The molecule has 0 unspecified atom stereocenters. The summed E-state index contributed by atoms with van der Waals surface area (Å²) in [6, 6.07) is 24.1. The molecule has 1 atom stereocenters. The molecule has 3 aromatic carbocycles. The van der Waals surface area contributed by atoms with Crippen molar-refractivity contribution in [3.63, 3.8) is 0 Å². The molecule has 2 N–H and O–H groups in total. The minimum absolute atomic E-state index is 0.0360. The predicted octanol–water partition coefficient (Wildman–Crippen LogP) is 3.42. The number of ether oxygens (including phenoxy) is 3. The van der Waals surface area contributed by atoms with Gasteiger partial charge >= 0.3 is 0 Å². The van der Waals surface area contributed by atoms with Crippen LogP contribution in [-0.4, -0.2) is 57.8 Å². The zero-order valence-electron chi connectivity index (χ0n) is 21.0. The SMILES string of the molecule is COc1ccccc1COCCCOc1ccc(N2C(=O)CNC[C@@H]2CNC(=O)c2ccccc2)cc1. The molecule has 1 aliphatic rings. The normalized spacial score (nSPS) is 15.3. The Labute approximate surface area is 217 Å². The number of nitrogens with zero attached hydrogens (tertiary/aromatic N) is 1. The van der Waals surface area contributed by atoms with Gasteiger partial charge in [-0.25, -0.2) is 0 Å². The molecule has 3 aromatic rings. The summed E-state index contributed by atoms with van der Waals surface area (Å²) in [6.07, 6.45) is 0.746. The molecule has 0 saturated carbocycles. The highest BCUT2D eigenvalue weighted by Crippen LogP contribution is 2.23. The summed E-state index contributed by atoms with van der Waals surface area (Å²) in [5.74, 6) is 1.35. The van der Waals surface area contributed by atoms with Crippen molar-refractivity contribution in [2.45, 2.75) is 19.1 Å². The Kier molecular flexibility index (Phi) is 9.51. The lowest BCUT2D eigenvalue weighted by Gasteiger charge is -2.36. The van der Waals surface area contributed by atoms with E-state index in [0.29, 0.717) is 38.5 Å². The standard InChI is InChI=1S/C29H33N3O5/c1-35-27-11-6-5-10-23(27)21-36-16-7-17-37-26-14-12-24(13-15-26)32-25(18-30-20-28(32)33)19-31-29(34)22-8-3-2-4-9-22/h2-6,8-15,25,30H,7,16-21H2,1H3,(H,31,34)/t25-/m1/s1. The highest BCUT2D eigenvalue weighted by molar-refractivity contribution is 5.97. The molecule has 8 nitrogen and oxygen atoms in total. The second kappa shape index (κ2) is 13.4. The summed E-state index contributed by atoms with van der Waals surface area (Å²) in [5.41, 5.74) is 2.38. The number of rotatable bonds is 12. The van der Waals surface area contributed by atoms with Gasteiger partial charge in [0.1, 0.15) is 11.5 Å². The number of hydrogen-bond donors (Lipinski definition) is 2. The van der Waals surface area contributed by atoms with Crippen molar-refractivity contribution in [1.29, 1.82) is 0 Å².